The van der Waals surface area contributed by atoms with Gasteiger partial charge in [0.15, 0.2) is 6.61 Å². The topological polar surface area (TPSA) is 100 Å². The van der Waals surface area contributed by atoms with Gasteiger partial charge < -0.3 is 20.1 Å². The summed E-state index contributed by atoms with van der Waals surface area (Å²) in [4.78, 5) is 24.8. The third-order valence-electron chi connectivity index (χ3n) is 4.59. The summed E-state index contributed by atoms with van der Waals surface area (Å²) in [5, 5.41) is 15.0. The number of nitrogens with one attached hydrogen (secondary N) is 2. The van der Waals surface area contributed by atoms with Crippen molar-refractivity contribution in [3.8, 4) is 17.6 Å². The third-order valence-corrected chi connectivity index (χ3v) is 4.59. The molecule has 2 amide bonds. The van der Waals surface area contributed by atoms with E-state index >= 15 is 0 Å². The maximum Gasteiger partial charge on any atom is 0.266 e. The van der Waals surface area contributed by atoms with Crippen LogP contribution in [0.1, 0.15) is 11.1 Å². The van der Waals surface area contributed by atoms with Crippen molar-refractivity contribution in [2.75, 3.05) is 24.4 Å². The van der Waals surface area contributed by atoms with Crippen LogP contribution in [-0.4, -0.2) is 25.5 Å². The van der Waals surface area contributed by atoms with Crippen molar-refractivity contribution >= 4 is 29.3 Å². The average Bonchev–Trinajstić information content (AvgIpc) is 2.82. The lowest BCUT2D eigenvalue weighted by atomic mass is 10.1. The molecule has 0 bridgehead atoms. The standard InChI is InChI=1S/C26H23N3O4/c1-18-6-5-8-22(14-18)28-25(30)17-33-24-9-4-3-7-19(24)15-20(16-27)26(31)29-21-10-12-23(32-2)13-11-21/h3-15H,17H2,1-2H3,(H,28,30)(H,29,31)/b20-15+. The van der Waals surface area contributed by atoms with Gasteiger partial charge in [0.2, 0.25) is 0 Å². The second-order valence-corrected chi connectivity index (χ2v) is 7.10. The second kappa shape index (κ2) is 11.2. The smallest absolute Gasteiger partial charge is 0.266 e. The number of aryl methyl sites for hydroxylation is 1. The molecule has 0 aliphatic rings. The molecule has 166 valence electrons. The molecule has 0 saturated carbocycles. The van der Waals surface area contributed by atoms with Crippen molar-refractivity contribution in [2.24, 2.45) is 0 Å². The lowest BCUT2D eigenvalue weighted by molar-refractivity contribution is -0.118. The highest BCUT2D eigenvalue weighted by Gasteiger charge is 2.12. The maximum absolute atomic E-state index is 12.6. The fourth-order valence-electron chi connectivity index (χ4n) is 2.97. The molecule has 0 radical (unpaired) electrons. The molecule has 0 heterocycles. The molecule has 0 fully saturated rings. The molecular formula is C26H23N3O4. The van der Waals surface area contributed by atoms with Crippen LogP contribution in [0.25, 0.3) is 6.08 Å². The van der Waals surface area contributed by atoms with Crippen LogP contribution in [0.5, 0.6) is 11.5 Å². The molecule has 0 atom stereocenters. The van der Waals surface area contributed by atoms with Crippen LogP contribution < -0.4 is 20.1 Å². The first kappa shape index (κ1) is 23.1. The number of carbonyl (C=O) groups is 2. The Morgan fingerprint density at radius 2 is 1.73 bits per heavy atom. The number of hydrogen-bond donors (Lipinski definition) is 2. The lowest BCUT2D eigenvalue weighted by Gasteiger charge is -2.11. The second-order valence-electron chi connectivity index (χ2n) is 7.10. The van der Waals surface area contributed by atoms with E-state index in [9.17, 15) is 14.9 Å². The highest BCUT2D eigenvalue weighted by Crippen LogP contribution is 2.22. The van der Waals surface area contributed by atoms with Crippen LogP contribution in [-0.2, 0) is 9.59 Å². The Morgan fingerprint density at radius 3 is 2.42 bits per heavy atom. The number of benzene rings is 3. The molecular weight excluding hydrogens is 418 g/mol. The number of amides is 2. The molecule has 0 aromatic heterocycles. The van der Waals surface area contributed by atoms with Crippen molar-refractivity contribution in [2.45, 2.75) is 6.92 Å². The normalized spacial score (nSPS) is 10.6. The van der Waals surface area contributed by atoms with Crippen LogP contribution in [0.4, 0.5) is 11.4 Å². The molecule has 0 unspecified atom stereocenters. The number of nitriles is 1. The number of ether oxygens (including phenoxy) is 2. The highest BCUT2D eigenvalue weighted by atomic mass is 16.5. The summed E-state index contributed by atoms with van der Waals surface area (Å²) >= 11 is 0. The van der Waals surface area contributed by atoms with Crippen molar-refractivity contribution < 1.29 is 19.1 Å². The minimum Gasteiger partial charge on any atom is -0.497 e. The van der Waals surface area contributed by atoms with E-state index in [2.05, 4.69) is 10.6 Å². The monoisotopic (exact) mass is 441 g/mol. The number of anilines is 2. The Morgan fingerprint density at radius 1 is 0.970 bits per heavy atom. The van der Waals surface area contributed by atoms with Crippen LogP contribution in [0.2, 0.25) is 0 Å². The molecule has 7 heteroatoms. The van der Waals surface area contributed by atoms with Crippen molar-refractivity contribution in [3.05, 3.63) is 89.5 Å². The number of methoxy groups -OCH3 is 1. The Bertz CT molecular complexity index is 1210. The van der Waals surface area contributed by atoms with Gasteiger partial charge >= 0.3 is 0 Å². The van der Waals surface area contributed by atoms with Crippen molar-refractivity contribution in [3.63, 3.8) is 0 Å². The van der Waals surface area contributed by atoms with Crippen molar-refractivity contribution in [1.82, 2.24) is 0 Å². The SMILES string of the molecule is COc1ccc(NC(=O)/C(C#N)=C/c2ccccc2OCC(=O)Nc2cccc(C)c2)cc1. The lowest BCUT2D eigenvalue weighted by Crippen LogP contribution is -2.20. The summed E-state index contributed by atoms with van der Waals surface area (Å²) in [6, 6.07) is 23.0. The zero-order valence-electron chi connectivity index (χ0n) is 18.3. The predicted molar refractivity (Wildman–Crippen MR) is 127 cm³/mol. The molecule has 3 aromatic carbocycles. The van der Waals surface area contributed by atoms with Gasteiger partial charge in [-0.15, -0.1) is 0 Å². The molecule has 0 spiro atoms. The summed E-state index contributed by atoms with van der Waals surface area (Å²) in [7, 11) is 1.55. The summed E-state index contributed by atoms with van der Waals surface area (Å²) in [5.41, 5.74) is 2.63. The van der Waals surface area contributed by atoms with E-state index in [4.69, 9.17) is 9.47 Å². The van der Waals surface area contributed by atoms with Gasteiger partial charge in [-0.25, -0.2) is 0 Å². The first-order valence-electron chi connectivity index (χ1n) is 10.1. The number of carbonyl (C=O) groups excluding carboxylic acids is 2. The van der Waals surface area contributed by atoms with E-state index in [0.29, 0.717) is 28.4 Å². The Labute approximate surface area is 192 Å². The van der Waals surface area contributed by atoms with E-state index in [1.165, 1.54) is 6.08 Å². The number of nitrogens with zero attached hydrogens (tertiary/aromatic N) is 1. The third kappa shape index (κ3) is 6.71. The van der Waals surface area contributed by atoms with Crippen LogP contribution in [0.15, 0.2) is 78.4 Å². The summed E-state index contributed by atoms with van der Waals surface area (Å²) in [5.74, 6) is 0.148. The van der Waals surface area contributed by atoms with Crippen molar-refractivity contribution in [1.29, 1.82) is 5.26 Å². The van der Waals surface area contributed by atoms with Gasteiger partial charge in [-0.3, -0.25) is 9.59 Å². The fourth-order valence-corrected chi connectivity index (χ4v) is 2.97. The molecule has 0 saturated heterocycles. The van der Waals surface area contributed by atoms with E-state index in [1.807, 2.05) is 31.2 Å². The maximum atomic E-state index is 12.6. The van der Waals surface area contributed by atoms with Crippen LogP contribution >= 0.6 is 0 Å². The zero-order valence-corrected chi connectivity index (χ0v) is 18.3. The fraction of sp³-hybridized carbons (Fsp3) is 0.115. The Hall–Kier alpha value is -4.57. The molecule has 2 N–H and O–H groups in total. The predicted octanol–water partition coefficient (Wildman–Crippen LogP) is 4.57. The van der Waals surface area contributed by atoms with Crippen LogP contribution in [0, 0.1) is 18.3 Å². The molecule has 7 nitrogen and oxygen atoms in total. The molecule has 33 heavy (non-hydrogen) atoms. The van der Waals surface area contributed by atoms with E-state index in [1.54, 1.807) is 61.7 Å². The number of hydrogen-bond acceptors (Lipinski definition) is 5. The first-order chi connectivity index (χ1) is 16.0. The highest BCUT2D eigenvalue weighted by molar-refractivity contribution is 6.09. The van der Waals surface area contributed by atoms with Gasteiger partial charge in [0.05, 0.1) is 7.11 Å². The van der Waals surface area contributed by atoms with Gasteiger partial charge in [-0.1, -0.05) is 30.3 Å². The van der Waals surface area contributed by atoms with E-state index < -0.39 is 5.91 Å². The summed E-state index contributed by atoms with van der Waals surface area (Å²) < 4.78 is 10.8. The largest absolute Gasteiger partial charge is 0.497 e. The summed E-state index contributed by atoms with van der Waals surface area (Å²) in [6.45, 7) is 1.71. The average molecular weight is 441 g/mol. The molecule has 3 rings (SSSR count). The molecule has 0 aliphatic carbocycles. The van der Waals surface area contributed by atoms with Crippen LogP contribution in [0.3, 0.4) is 0 Å². The Balaban J connectivity index is 1.68. The van der Waals surface area contributed by atoms with Gasteiger partial charge in [0, 0.05) is 16.9 Å². The minimum absolute atomic E-state index is 0.105. The molecule has 3 aromatic rings. The zero-order chi connectivity index (χ0) is 23.6. The van der Waals surface area contributed by atoms with Gasteiger partial charge in [-0.05, 0) is 61.0 Å². The number of rotatable bonds is 8. The van der Waals surface area contributed by atoms with Gasteiger partial charge in [0.25, 0.3) is 11.8 Å². The van der Waals surface area contributed by atoms with Gasteiger partial charge in [-0.2, -0.15) is 5.26 Å². The molecule has 0 aliphatic heterocycles. The summed E-state index contributed by atoms with van der Waals surface area (Å²) in [6.07, 6.45) is 1.42. The van der Waals surface area contributed by atoms with Gasteiger partial charge in [0.1, 0.15) is 23.1 Å². The quantitative estimate of drug-likeness (QED) is 0.394. The minimum atomic E-state index is -0.560. The first-order valence-corrected chi connectivity index (χ1v) is 10.1. The number of para-hydroxylation sites is 1. The Kier molecular flexibility index (Phi) is 7.81. The van der Waals surface area contributed by atoms with E-state index in [0.717, 1.165) is 5.56 Å². The van der Waals surface area contributed by atoms with E-state index in [-0.39, 0.29) is 18.1 Å².